The Hall–Kier alpha value is -0.0900. The SMILES string of the molecule is CCCC(C)(O)CNC(=O)C(Br)C(C)C. The Kier molecular flexibility index (Phi) is 6.44. The molecule has 0 saturated carbocycles. The van der Waals surface area contributed by atoms with Gasteiger partial charge >= 0.3 is 0 Å². The third kappa shape index (κ3) is 6.15. The topological polar surface area (TPSA) is 49.3 Å². The van der Waals surface area contributed by atoms with Gasteiger partial charge in [-0.15, -0.1) is 0 Å². The van der Waals surface area contributed by atoms with Crippen molar-refractivity contribution in [3.63, 3.8) is 0 Å². The fourth-order valence-electron chi connectivity index (χ4n) is 1.30. The molecule has 0 fully saturated rings. The average Bonchev–Trinajstić information content (AvgIpc) is 2.13. The molecule has 0 spiro atoms. The van der Waals surface area contributed by atoms with Crippen LogP contribution in [0.4, 0.5) is 0 Å². The van der Waals surface area contributed by atoms with Crippen LogP contribution in [0.25, 0.3) is 0 Å². The maximum absolute atomic E-state index is 11.6. The van der Waals surface area contributed by atoms with Gasteiger partial charge in [0.25, 0.3) is 0 Å². The van der Waals surface area contributed by atoms with Crippen molar-refractivity contribution in [1.29, 1.82) is 0 Å². The summed E-state index contributed by atoms with van der Waals surface area (Å²) in [4.78, 5) is 11.4. The van der Waals surface area contributed by atoms with Crippen molar-refractivity contribution < 1.29 is 9.90 Å². The average molecular weight is 280 g/mol. The second-order valence-corrected chi connectivity index (χ2v) is 5.60. The molecule has 90 valence electrons. The number of carbonyl (C=O) groups excluding carboxylic acids is 1. The van der Waals surface area contributed by atoms with Crippen molar-refractivity contribution in [3.8, 4) is 0 Å². The largest absolute Gasteiger partial charge is 0.388 e. The Morgan fingerprint density at radius 3 is 2.47 bits per heavy atom. The van der Waals surface area contributed by atoms with Gasteiger partial charge in [-0.1, -0.05) is 43.1 Å². The van der Waals surface area contributed by atoms with Crippen LogP contribution in [0, 0.1) is 5.92 Å². The number of amides is 1. The summed E-state index contributed by atoms with van der Waals surface area (Å²) >= 11 is 3.32. The smallest absolute Gasteiger partial charge is 0.234 e. The highest BCUT2D eigenvalue weighted by molar-refractivity contribution is 9.10. The second-order valence-electron chi connectivity index (χ2n) is 4.61. The van der Waals surface area contributed by atoms with Gasteiger partial charge in [-0.2, -0.15) is 0 Å². The summed E-state index contributed by atoms with van der Waals surface area (Å²) in [5.41, 5.74) is -0.798. The van der Waals surface area contributed by atoms with Crippen LogP contribution in [0.1, 0.15) is 40.5 Å². The molecule has 3 nitrogen and oxygen atoms in total. The van der Waals surface area contributed by atoms with Gasteiger partial charge in [0.15, 0.2) is 0 Å². The first-order chi connectivity index (χ1) is 6.80. The van der Waals surface area contributed by atoms with E-state index in [1.807, 2.05) is 20.8 Å². The van der Waals surface area contributed by atoms with Gasteiger partial charge in [-0.3, -0.25) is 4.79 Å². The lowest BCUT2D eigenvalue weighted by atomic mass is 10.0. The first-order valence-corrected chi connectivity index (χ1v) is 6.36. The molecule has 0 aromatic heterocycles. The van der Waals surface area contributed by atoms with E-state index >= 15 is 0 Å². The highest BCUT2D eigenvalue weighted by Crippen LogP contribution is 2.13. The molecule has 0 aromatic rings. The predicted octanol–water partition coefficient (Wildman–Crippen LogP) is 2.07. The maximum Gasteiger partial charge on any atom is 0.234 e. The fourth-order valence-corrected chi connectivity index (χ4v) is 1.47. The molecule has 0 heterocycles. The Morgan fingerprint density at radius 1 is 1.53 bits per heavy atom. The van der Waals surface area contributed by atoms with E-state index in [0.29, 0.717) is 13.0 Å². The number of halogens is 1. The van der Waals surface area contributed by atoms with E-state index in [2.05, 4.69) is 21.2 Å². The van der Waals surface area contributed by atoms with Crippen LogP contribution in [0.3, 0.4) is 0 Å². The van der Waals surface area contributed by atoms with Gasteiger partial charge in [-0.25, -0.2) is 0 Å². The standard InChI is InChI=1S/C11H22BrNO2/c1-5-6-11(4,15)7-13-10(14)9(12)8(2)3/h8-9,15H,5-7H2,1-4H3,(H,13,14). The number of aliphatic hydroxyl groups is 1. The summed E-state index contributed by atoms with van der Waals surface area (Å²) in [6.45, 7) is 8.02. The minimum Gasteiger partial charge on any atom is -0.388 e. The Bertz CT molecular complexity index is 205. The molecule has 0 aliphatic heterocycles. The van der Waals surface area contributed by atoms with E-state index in [0.717, 1.165) is 6.42 Å². The molecule has 2 atom stereocenters. The number of hydrogen-bond acceptors (Lipinski definition) is 2. The number of nitrogens with one attached hydrogen (secondary N) is 1. The normalized spacial score (nSPS) is 17.3. The molecule has 4 heteroatoms. The quantitative estimate of drug-likeness (QED) is 0.732. The zero-order chi connectivity index (χ0) is 12.1. The lowest BCUT2D eigenvalue weighted by Gasteiger charge is -2.24. The zero-order valence-electron chi connectivity index (χ0n) is 10.0. The first kappa shape index (κ1) is 14.9. The van der Waals surface area contributed by atoms with Gasteiger partial charge in [0.2, 0.25) is 5.91 Å². The molecule has 1 amide bonds. The molecule has 15 heavy (non-hydrogen) atoms. The molecule has 2 unspecified atom stereocenters. The lowest BCUT2D eigenvalue weighted by molar-refractivity contribution is -0.122. The molecule has 0 rings (SSSR count). The summed E-state index contributed by atoms with van der Waals surface area (Å²) < 4.78 is 0. The molecular weight excluding hydrogens is 258 g/mol. The Labute approximate surface area is 101 Å². The van der Waals surface area contributed by atoms with Crippen molar-refractivity contribution in [3.05, 3.63) is 0 Å². The predicted molar refractivity (Wildman–Crippen MR) is 66.1 cm³/mol. The molecule has 2 N–H and O–H groups in total. The van der Waals surface area contributed by atoms with Crippen LogP contribution in [0.15, 0.2) is 0 Å². The summed E-state index contributed by atoms with van der Waals surface area (Å²) in [5, 5.41) is 12.6. The van der Waals surface area contributed by atoms with Crippen molar-refractivity contribution in [2.45, 2.75) is 51.0 Å². The highest BCUT2D eigenvalue weighted by Gasteiger charge is 2.23. The molecule has 0 aliphatic carbocycles. The van der Waals surface area contributed by atoms with E-state index in [4.69, 9.17) is 0 Å². The van der Waals surface area contributed by atoms with Crippen molar-refractivity contribution in [2.24, 2.45) is 5.92 Å². The van der Waals surface area contributed by atoms with Crippen LogP contribution in [0.2, 0.25) is 0 Å². The summed E-state index contributed by atoms with van der Waals surface area (Å²) in [5.74, 6) is 0.197. The molecule has 0 radical (unpaired) electrons. The maximum atomic E-state index is 11.6. The third-order valence-corrected chi connectivity index (χ3v) is 3.74. The van der Waals surface area contributed by atoms with Gasteiger partial charge in [0.1, 0.15) is 0 Å². The fraction of sp³-hybridized carbons (Fsp3) is 0.909. The van der Waals surface area contributed by atoms with Crippen molar-refractivity contribution in [1.82, 2.24) is 5.32 Å². The lowest BCUT2D eigenvalue weighted by Crippen LogP contribution is -2.44. The highest BCUT2D eigenvalue weighted by atomic mass is 79.9. The van der Waals surface area contributed by atoms with Crippen LogP contribution in [-0.2, 0) is 4.79 Å². The van der Waals surface area contributed by atoms with Crippen molar-refractivity contribution >= 4 is 21.8 Å². The van der Waals surface area contributed by atoms with E-state index in [1.165, 1.54) is 0 Å². The van der Waals surface area contributed by atoms with E-state index in [1.54, 1.807) is 6.92 Å². The van der Waals surface area contributed by atoms with Crippen LogP contribution in [-0.4, -0.2) is 28.0 Å². The number of rotatable bonds is 6. The monoisotopic (exact) mass is 279 g/mol. The minimum absolute atomic E-state index is 0.0543. The van der Waals surface area contributed by atoms with Gasteiger partial charge in [0, 0.05) is 6.54 Å². The van der Waals surface area contributed by atoms with E-state index in [9.17, 15) is 9.90 Å². The molecule has 0 saturated heterocycles. The molecule has 0 aliphatic rings. The van der Waals surface area contributed by atoms with Crippen molar-refractivity contribution in [2.75, 3.05) is 6.54 Å². The number of carbonyl (C=O) groups is 1. The van der Waals surface area contributed by atoms with Gasteiger partial charge in [-0.05, 0) is 19.3 Å². The molecular formula is C11H22BrNO2. The Balaban J connectivity index is 4.00. The minimum atomic E-state index is -0.798. The van der Waals surface area contributed by atoms with E-state index in [-0.39, 0.29) is 16.7 Å². The number of alkyl halides is 1. The number of hydrogen-bond donors (Lipinski definition) is 2. The summed E-state index contributed by atoms with van der Waals surface area (Å²) in [7, 11) is 0. The van der Waals surface area contributed by atoms with Gasteiger partial charge < -0.3 is 10.4 Å². The zero-order valence-corrected chi connectivity index (χ0v) is 11.6. The van der Waals surface area contributed by atoms with Crippen LogP contribution in [0.5, 0.6) is 0 Å². The summed E-state index contributed by atoms with van der Waals surface area (Å²) in [6.07, 6.45) is 1.60. The Morgan fingerprint density at radius 2 is 2.07 bits per heavy atom. The second kappa shape index (κ2) is 6.48. The van der Waals surface area contributed by atoms with Crippen LogP contribution >= 0.6 is 15.9 Å². The summed E-state index contributed by atoms with van der Waals surface area (Å²) in [6, 6.07) is 0. The van der Waals surface area contributed by atoms with E-state index < -0.39 is 5.60 Å². The van der Waals surface area contributed by atoms with Crippen LogP contribution < -0.4 is 5.32 Å². The van der Waals surface area contributed by atoms with Gasteiger partial charge in [0.05, 0.1) is 10.4 Å². The first-order valence-electron chi connectivity index (χ1n) is 5.44. The molecule has 0 bridgehead atoms. The third-order valence-electron chi connectivity index (χ3n) is 2.27. The molecule has 0 aromatic carbocycles.